The molecule has 98 valence electrons. The highest BCUT2D eigenvalue weighted by molar-refractivity contribution is 6.22. The summed E-state index contributed by atoms with van der Waals surface area (Å²) in [7, 11) is 0. The van der Waals surface area contributed by atoms with Gasteiger partial charge in [-0.15, -0.1) is 11.6 Å². The monoisotopic (exact) mass is 258 g/mol. The molecule has 2 rings (SSSR count). The van der Waals surface area contributed by atoms with Crippen LogP contribution in [0, 0.1) is 5.92 Å². The zero-order valence-electron chi connectivity index (χ0n) is 10.7. The minimum atomic E-state index is 0.0441. The number of amides is 1. The lowest BCUT2D eigenvalue weighted by atomic mass is 9.96. The molecule has 0 aromatic heterocycles. The van der Waals surface area contributed by atoms with Crippen molar-refractivity contribution in [3.8, 4) is 0 Å². The van der Waals surface area contributed by atoms with Crippen molar-refractivity contribution in [3.63, 3.8) is 0 Å². The van der Waals surface area contributed by atoms with Crippen LogP contribution < -0.4 is 0 Å². The third-order valence-electron chi connectivity index (χ3n) is 3.89. The average Bonchev–Trinajstić information content (AvgIpc) is 2.61. The van der Waals surface area contributed by atoms with Gasteiger partial charge in [-0.3, -0.25) is 4.79 Å². The molecule has 1 unspecified atom stereocenters. The van der Waals surface area contributed by atoms with Crippen molar-refractivity contribution in [2.24, 2.45) is 5.92 Å². The van der Waals surface area contributed by atoms with E-state index in [1.165, 1.54) is 38.9 Å². The van der Waals surface area contributed by atoms with Gasteiger partial charge in [0.25, 0.3) is 0 Å². The number of piperidine rings is 1. The van der Waals surface area contributed by atoms with Crippen LogP contribution in [0.3, 0.4) is 0 Å². The molecule has 0 saturated carbocycles. The first-order valence-electron chi connectivity index (χ1n) is 6.83. The molecule has 0 aromatic carbocycles. The van der Waals surface area contributed by atoms with Gasteiger partial charge >= 0.3 is 0 Å². The van der Waals surface area contributed by atoms with Gasteiger partial charge in [-0.2, -0.15) is 0 Å². The Labute approximate surface area is 109 Å². The summed E-state index contributed by atoms with van der Waals surface area (Å²) >= 11 is 6.01. The van der Waals surface area contributed by atoms with Gasteiger partial charge in [-0.1, -0.05) is 6.92 Å². The fourth-order valence-corrected chi connectivity index (χ4v) is 3.22. The van der Waals surface area contributed by atoms with Crippen molar-refractivity contribution in [3.05, 3.63) is 0 Å². The van der Waals surface area contributed by atoms with Gasteiger partial charge in [0.1, 0.15) is 0 Å². The van der Waals surface area contributed by atoms with Gasteiger partial charge < -0.3 is 9.80 Å². The highest BCUT2D eigenvalue weighted by Gasteiger charge is 2.30. The van der Waals surface area contributed by atoms with Crippen LogP contribution in [0.25, 0.3) is 0 Å². The molecule has 0 radical (unpaired) electrons. The second-order valence-corrected chi connectivity index (χ2v) is 6.00. The van der Waals surface area contributed by atoms with Crippen LogP contribution in [0.2, 0.25) is 0 Å². The summed E-state index contributed by atoms with van der Waals surface area (Å²) in [6.45, 7) is 7.54. The third kappa shape index (κ3) is 3.59. The van der Waals surface area contributed by atoms with E-state index in [4.69, 9.17) is 11.6 Å². The fraction of sp³-hybridized carbons (Fsp3) is 0.923. The molecular weight excluding hydrogens is 236 g/mol. The molecule has 0 spiro atoms. The molecule has 1 amide bonds. The van der Waals surface area contributed by atoms with Gasteiger partial charge in [0, 0.05) is 19.5 Å². The molecule has 3 nitrogen and oxygen atoms in total. The van der Waals surface area contributed by atoms with Crippen LogP contribution in [-0.2, 0) is 4.79 Å². The average molecular weight is 259 g/mol. The minimum absolute atomic E-state index is 0.0441. The Morgan fingerprint density at radius 2 is 2.06 bits per heavy atom. The van der Waals surface area contributed by atoms with Crippen molar-refractivity contribution in [1.82, 2.24) is 9.80 Å². The lowest BCUT2D eigenvalue weighted by Gasteiger charge is -2.33. The van der Waals surface area contributed by atoms with Gasteiger partial charge in [0.2, 0.25) is 5.91 Å². The Morgan fingerprint density at radius 3 is 2.59 bits per heavy atom. The van der Waals surface area contributed by atoms with Crippen molar-refractivity contribution in [2.75, 3.05) is 32.7 Å². The molecule has 17 heavy (non-hydrogen) atoms. The molecule has 0 aliphatic carbocycles. The Hall–Kier alpha value is -0.280. The summed E-state index contributed by atoms with van der Waals surface area (Å²) in [4.78, 5) is 16.2. The van der Waals surface area contributed by atoms with Crippen LogP contribution in [0.15, 0.2) is 0 Å². The van der Waals surface area contributed by atoms with Crippen LogP contribution in [0.4, 0.5) is 0 Å². The minimum Gasteiger partial charge on any atom is -0.341 e. The predicted octanol–water partition coefficient (Wildman–Crippen LogP) is 1.95. The number of carbonyl (C=O) groups is 1. The summed E-state index contributed by atoms with van der Waals surface area (Å²) in [6, 6.07) is 0. The number of alkyl halides is 1. The first kappa shape index (κ1) is 13.2. The van der Waals surface area contributed by atoms with Crippen LogP contribution in [-0.4, -0.2) is 53.8 Å². The normalized spacial score (nSPS) is 28.0. The van der Waals surface area contributed by atoms with Gasteiger partial charge in [-0.05, 0) is 44.8 Å². The van der Waals surface area contributed by atoms with E-state index in [0.717, 1.165) is 13.1 Å². The number of rotatable bonds is 4. The second kappa shape index (κ2) is 6.05. The van der Waals surface area contributed by atoms with E-state index in [2.05, 4.69) is 11.8 Å². The summed E-state index contributed by atoms with van der Waals surface area (Å²) in [5, 5.41) is 0.0441. The molecule has 0 aromatic rings. The molecule has 4 heteroatoms. The number of nitrogens with zero attached hydrogens (tertiary/aromatic N) is 2. The lowest BCUT2D eigenvalue weighted by molar-refractivity contribution is -0.128. The molecule has 2 heterocycles. The molecule has 2 aliphatic heterocycles. The summed E-state index contributed by atoms with van der Waals surface area (Å²) in [5.41, 5.74) is 0. The van der Waals surface area contributed by atoms with E-state index in [0.29, 0.717) is 12.3 Å². The summed E-state index contributed by atoms with van der Waals surface area (Å²) in [6.07, 6.45) is 4.24. The van der Waals surface area contributed by atoms with Crippen molar-refractivity contribution in [1.29, 1.82) is 0 Å². The van der Waals surface area contributed by atoms with Crippen molar-refractivity contribution < 1.29 is 4.79 Å². The summed E-state index contributed by atoms with van der Waals surface area (Å²) in [5.74, 6) is 0.940. The Balaban J connectivity index is 1.73. The lowest BCUT2D eigenvalue weighted by Crippen LogP contribution is -2.39. The van der Waals surface area contributed by atoms with E-state index in [1.54, 1.807) is 0 Å². The third-order valence-corrected chi connectivity index (χ3v) is 4.19. The smallest absolute Gasteiger partial charge is 0.224 e. The quantitative estimate of drug-likeness (QED) is 0.720. The van der Waals surface area contributed by atoms with E-state index in [1.807, 2.05) is 4.90 Å². The summed E-state index contributed by atoms with van der Waals surface area (Å²) < 4.78 is 0. The van der Waals surface area contributed by atoms with Gasteiger partial charge in [0.05, 0.1) is 5.38 Å². The SMILES string of the molecule is CCCN1CCC(CN2CC(Cl)CC2=O)CC1. The maximum Gasteiger partial charge on any atom is 0.224 e. The van der Waals surface area contributed by atoms with Crippen LogP contribution in [0.5, 0.6) is 0 Å². The Morgan fingerprint density at radius 1 is 1.35 bits per heavy atom. The molecule has 0 bridgehead atoms. The molecular formula is C13H23ClN2O. The molecule has 1 atom stereocenters. The first-order chi connectivity index (χ1) is 8.19. The maximum atomic E-state index is 11.7. The molecule has 2 fully saturated rings. The van der Waals surface area contributed by atoms with Crippen molar-refractivity contribution >= 4 is 17.5 Å². The number of hydrogen-bond donors (Lipinski definition) is 0. The van der Waals surface area contributed by atoms with E-state index in [9.17, 15) is 4.79 Å². The number of carbonyl (C=O) groups excluding carboxylic acids is 1. The molecule has 2 saturated heterocycles. The maximum absolute atomic E-state index is 11.7. The Bertz CT molecular complexity index is 264. The topological polar surface area (TPSA) is 23.6 Å². The largest absolute Gasteiger partial charge is 0.341 e. The zero-order valence-corrected chi connectivity index (χ0v) is 11.5. The zero-order chi connectivity index (χ0) is 12.3. The standard InChI is InChI=1S/C13H23ClN2O/c1-2-5-15-6-3-11(4-7-15)9-16-10-12(14)8-13(16)17/h11-12H,2-10H2,1H3. The second-order valence-electron chi connectivity index (χ2n) is 5.39. The molecule has 0 N–H and O–H groups in total. The molecule has 2 aliphatic rings. The highest BCUT2D eigenvalue weighted by Crippen LogP contribution is 2.23. The van der Waals surface area contributed by atoms with Crippen LogP contribution in [0.1, 0.15) is 32.6 Å². The number of hydrogen-bond acceptors (Lipinski definition) is 2. The van der Waals surface area contributed by atoms with Gasteiger partial charge in [0.15, 0.2) is 0 Å². The van der Waals surface area contributed by atoms with E-state index in [-0.39, 0.29) is 11.3 Å². The van der Waals surface area contributed by atoms with Gasteiger partial charge in [-0.25, -0.2) is 0 Å². The first-order valence-corrected chi connectivity index (χ1v) is 7.27. The van der Waals surface area contributed by atoms with Crippen LogP contribution >= 0.6 is 11.6 Å². The number of halogens is 1. The van der Waals surface area contributed by atoms with Crippen molar-refractivity contribution in [2.45, 2.75) is 38.0 Å². The fourth-order valence-electron chi connectivity index (χ4n) is 2.92. The Kier molecular flexibility index (Phi) is 4.69. The van der Waals surface area contributed by atoms with E-state index < -0.39 is 0 Å². The predicted molar refractivity (Wildman–Crippen MR) is 70.3 cm³/mol. The number of likely N-dealkylation sites (tertiary alicyclic amines) is 2. The highest BCUT2D eigenvalue weighted by atomic mass is 35.5. The van der Waals surface area contributed by atoms with E-state index >= 15 is 0 Å².